The van der Waals surface area contributed by atoms with E-state index in [0.717, 1.165) is 0 Å². The zero-order chi connectivity index (χ0) is 13.9. The number of nitriles is 1. The number of rotatable bonds is 4. The van der Waals surface area contributed by atoms with Crippen molar-refractivity contribution in [2.75, 3.05) is 11.9 Å². The second-order valence-corrected chi connectivity index (χ2v) is 4.40. The molecular formula is C12H14N6O. The number of aliphatic hydroxyl groups is 1. The van der Waals surface area contributed by atoms with E-state index in [0.29, 0.717) is 11.4 Å². The first-order valence-corrected chi connectivity index (χ1v) is 5.69. The van der Waals surface area contributed by atoms with Crippen LogP contribution in [0.25, 0.3) is 0 Å². The van der Waals surface area contributed by atoms with Crippen LogP contribution in [0.5, 0.6) is 0 Å². The summed E-state index contributed by atoms with van der Waals surface area (Å²) in [5.74, 6) is 0.356. The number of aryl methyl sites for hydroxylation is 1. The minimum Gasteiger partial charge on any atom is -0.383 e. The molecule has 2 aromatic rings. The maximum atomic E-state index is 10.4. The van der Waals surface area contributed by atoms with E-state index in [1.165, 1.54) is 12.4 Å². The van der Waals surface area contributed by atoms with E-state index < -0.39 is 5.60 Å². The SMILES string of the molecule is Cn1cc(C(C)(O)CNc2nccnc2C#N)cn1. The summed E-state index contributed by atoms with van der Waals surface area (Å²) in [7, 11) is 1.78. The number of nitrogens with zero attached hydrogens (tertiary/aromatic N) is 5. The average Bonchev–Trinajstić information content (AvgIpc) is 2.84. The van der Waals surface area contributed by atoms with Crippen LogP contribution in [0.4, 0.5) is 5.82 Å². The molecule has 7 heteroatoms. The molecule has 1 atom stereocenters. The number of nitrogens with one attached hydrogen (secondary N) is 1. The fourth-order valence-electron chi connectivity index (χ4n) is 1.61. The van der Waals surface area contributed by atoms with Gasteiger partial charge >= 0.3 is 0 Å². The molecule has 1 unspecified atom stereocenters. The van der Waals surface area contributed by atoms with Crippen LogP contribution in [0.3, 0.4) is 0 Å². The van der Waals surface area contributed by atoms with Gasteiger partial charge in [0, 0.05) is 37.7 Å². The Labute approximate surface area is 110 Å². The van der Waals surface area contributed by atoms with Gasteiger partial charge in [0.1, 0.15) is 11.7 Å². The van der Waals surface area contributed by atoms with E-state index in [4.69, 9.17) is 5.26 Å². The van der Waals surface area contributed by atoms with Crippen molar-refractivity contribution in [3.05, 3.63) is 36.0 Å². The van der Waals surface area contributed by atoms with E-state index in [9.17, 15) is 5.11 Å². The van der Waals surface area contributed by atoms with E-state index in [1.54, 1.807) is 31.0 Å². The molecule has 0 aliphatic carbocycles. The fourth-order valence-corrected chi connectivity index (χ4v) is 1.61. The van der Waals surface area contributed by atoms with E-state index in [1.807, 2.05) is 6.07 Å². The number of hydrogen-bond acceptors (Lipinski definition) is 6. The molecular weight excluding hydrogens is 244 g/mol. The predicted molar refractivity (Wildman–Crippen MR) is 68.0 cm³/mol. The minimum atomic E-state index is -1.11. The van der Waals surface area contributed by atoms with Crippen molar-refractivity contribution < 1.29 is 5.11 Å². The van der Waals surface area contributed by atoms with Gasteiger partial charge in [0.2, 0.25) is 0 Å². The summed E-state index contributed by atoms with van der Waals surface area (Å²) in [4.78, 5) is 7.91. The molecule has 0 bridgehead atoms. The van der Waals surface area contributed by atoms with Gasteiger partial charge in [0.15, 0.2) is 11.5 Å². The van der Waals surface area contributed by atoms with Crippen LogP contribution >= 0.6 is 0 Å². The van der Waals surface area contributed by atoms with Crippen LogP contribution in [-0.4, -0.2) is 31.4 Å². The quantitative estimate of drug-likeness (QED) is 0.823. The lowest BCUT2D eigenvalue weighted by molar-refractivity contribution is 0.0713. The molecule has 7 nitrogen and oxygen atoms in total. The van der Waals surface area contributed by atoms with Gasteiger partial charge in [-0.2, -0.15) is 10.4 Å². The van der Waals surface area contributed by atoms with Crippen molar-refractivity contribution in [1.29, 1.82) is 5.26 Å². The highest BCUT2D eigenvalue weighted by Gasteiger charge is 2.25. The Hall–Kier alpha value is -2.46. The van der Waals surface area contributed by atoms with Crippen LogP contribution in [-0.2, 0) is 12.6 Å². The van der Waals surface area contributed by atoms with E-state index >= 15 is 0 Å². The third kappa shape index (κ3) is 2.86. The van der Waals surface area contributed by atoms with Crippen molar-refractivity contribution >= 4 is 5.82 Å². The molecule has 0 aliphatic rings. The lowest BCUT2D eigenvalue weighted by atomic mass is 10.00. The third-order valence-electron chi connectivity index (χ3n) is 2.73. The summed E-state index contributed by atoms with van der Waals surface area (Å²) in [5, 5.41) is 26.2. The number of hydrogen-bond donors (Lipinski definition) is 2. The van der Waals surface area contributed by atoms with Gasteiger partial charge in [0.05, 0.1) is 6.20 Å². The van der Waals surface area contributed by atoms with Crippen LogP contribution < -0.4 is 5.32 Å². The first kappa shape index (κ1) is 13.0. The van der Waals surface area contributed by atoms with Gasteiger partial charge in [-0.3, -0.25) is 4.68 Å². The molecule has 0 saturated carbocycles. The van der Waals surface area contributed by atoms with Crippen molar-refractivity contribution in [1.82, 2.24) is 19.7 Å². The molecule has 2 heterocycles. The van der Waals surface area contributed by atoms with Gasteiger partial charge in [-0.15, -0.1) is 0 Å². The Morgan fingerprint density at radius 1 is 1.47 bits per heavy atom. The fraction of sp³-hybridized carbons (Fsp3) is 0.333. The highest BCUT2D eigenvalue weighted by Crippen LogP contribution is 2.20. The van der Waals surface area contributed by atoms with Crippen molar-refractivity contribution in [3.8, 4) is 6.07 Å². The summed E-state index contributed by atoms with van der Waals surface area (Å²) in [6, 6.07) is 1.94. The molecule has 0 saturated heterocycles. The maximum Gasteiger partial charge on any atom is 0.182 e. The van der Waals surface area contributed by atoms with Gasteiger partial charge in [-0.25, -0.2) is 9.97 Å². The number of anilines is 1. The normalized spacial score (nSPS) is 13.6. The number of aromatic nitrogens is 4. The summed E-state index contributed by atoms with van der Waals surface area (Å²) in [6.07, 6.45) is 6.28. The van der Waals surface area contributed by atoms with Gasteiger partial charge in [0.25, 0.3) is 0 Å². The van der Waals surface area contributed by atoms with Crippen LogP contribution in [0.1, 0.15) is 18.2 Å². The molecule has 0 fully saturated rings. The molecule has 2 rings (SSSR count). The highest BCUT2D eigenvalue weighted by molar-refractivity contribution is 5.47. The monoisotopic (exact) mass is 258 g/mol. The molecule has 0 amide bonds. The van der Waals surface area contributed by atoms with Crippen LogP contribution in [0, 0.1) is 11.3 Å². The van der Waals surface area contributed by atoms with Crippen LogP contribution in [0.2, 0.25) is 0 Å². The summed E-state index contributed by atoms with van der Waals surface area (Å²) in [6.45, 7) is 1.87. The van der Waals surface area contributed by atoms with E-state index in [-0.39, 0.29) is 12.2 Å². The van der Waals surface area contributed by atoms with E-state index in [2.05, 4.69) is 20.4 Å². The molecule has 2 N–H and O–H groups in total. The Morgan fingerprint density at radius 3 is 2.84 bits per heavy atom. The summed E-state index contributed by atoms with van der Waals surface area (Å²) >= 11 is 0. The molecule has 0 aromatic carbocycles. The molecule has 0 radical (unpaired) electrons. The predicted octanol–water partition coefficient (Wildman–Crippen LogP) is 0.401. The summed E-state index contributed by atoms with van der Waals surface area (Å²) < 4.78 is 1.62. The van der Waals surface area contributed by atoms with Crippen molar-refractivity contribution in [2.24, 2.45) is 7.05 Å². The topological polar surface area (TPSA) is 99.6 Å². The lowest BCUT2D eigenvalue weighted by Gasteiger charge is -2.22. The summed E-state index contributed by atoms with van der Waals surface area (Å²) in [5.41, 5.74) is -0.229. The maximum absolute atomic E-state index is 10.4. The van der Waals surface area contributed by atoms with Crippen molar-refractivity contribution in [3.63, 3.8) is 0 Å². The molecule has 98 valence electrons. The Balaban J connectivity index is 2.12. The lowest BCUT2D eigenvalue weighted by Crippen LogP contribution is -2.31. The second-order valence-electron chi connectivity index (χ2n) is 4.40. The van der Waals surface area contributed by atoms with Crippen LogP contribution in [0.15, 0.2) is 24.8 Å². The Bertz CT molecular complexity index is 613. The van der Waals surface area contributed by atoms with Crippen molar-refractivity contribution in [2.45, 2.75) is 12.5 Å². The zero-order valence-electron chi connectivity index (χ0n) is 10.7. The Kier molecular flexibility index (Phi) is 3.44. The molecule has 2 aromatic heterocycles. The molecule has 0 spiro atoms. The minimum absolute atomic E-state index is 0.199. The van der Waals surface area contributed by atoms with Gasteiger partial charge in [-0.1, -0.05) is 0 Å². The average molecular weight is 258 g/mol. The van der Waals surface area contributed by atoms with Gasteiger partial charge in [-0.05, 0) is 6.92 Å². The molecule has 0 aliphatic heterocycles. The Morgan fingerprint density at radius 2 is 2.21 bits per heavy atom. The highest BCUT2D eigenvalue weighted by atomic mass is 16.3. The smallest absolute Gasteiger partial charge is 0.182 e. The third-order valence-corrected chi connectivity index (χ3v) is 2.73. The van der Waals surface area contributed by atoms with Gasteiger partial charge < -0.3 is 10.4 Å². The first-order chi connectivity index (χ1) is 9.03. The largest absolute Gasteiger partial charge is 0.383 e. The first-order valence-electron chi connectivity index (χ1n) is 5.69. The molecule has 19 heavy (non-hydrogen) atoms. The standard InChI is InChI=1S/C12H14N6O/c1-12(19,9-6-17-18(2)7-9)8-16-11-10(5-13)14-3-4-15-11/h3-4,6-7,19H,8H2,1-2H3,(H,15,16). The second kappa shape index (κ2) is 5.04. The zero-order valence-corrected chi connectivity index (χ0v) is 10.7.